The summed E-state index contributed by atoms with van der Waals surface area (Å²) in [5, 5.41) is 5.93. The second-order valence-corrected chi connectivity index (χ2v) is 4.58. The van der Waals surface area contributed by atoms with Gasteiger partial charge in [0.1, 0.15) is 12.0 Å². The van der Waals surface area contributed by atoms with Crippen molar-refractivity contribution >= 4 is 40.5 Å². The van der Waals surface area contributed by atoms with Crippen molar-refractivity contribution in [2.75, 3.05) is 17.2 Å². The quantitative estimate of drug-likeness (QED) is 0.849. The number of nitrogens with zero attached hydrogens (tertiary/aromatic N) is 2. The first-order valence-electron chi connectivity index (χ1n) is 5.93. The van der Waals surface area contributed by atoms with E-state index >= 15 is 0 Å². The highest BCUT2D eigenvalue weighted by atomic mass is 35.5. The highest BCUT2D eigenvalue weighted by molar-refractivity contribution is 6.38. The number of hydrogen-bond acceptors (Lipinski definition) is 4. The molecule has 1 aromatic carbocycles. The van der Waals surface area contributed by atoms with Crippen LogP contribution in [0.3, 0.4) is 0 Å². The van der Waals surface area contributed by atoms with E-state index < -0.39 is 0 Å². The maximum Gasteiger partial charge on any atom is 0.257 e. The molecule has 0 radical (unpaired) electrons. The van der Waals surface area contributed by atoms with Crippen LogP contribution >= 0.6 is 23.2 Å². The monoisotopic (exact) mass is 310 g/mol. The van der Waals surface area contributed by atoms with Crippen LogP contribution < -0.4 is 10.6 Å². The van der Waals surface area contributed by atoms with E-state index in [2.05, 4.69) is 20.6 Å². The minimum Gasteiger partial charge on any atom is -0.385 e. The lowest BCUT2D eigenvalue weighted by Gasteiger charge is -2.11. The molecule has 104 valence electrons. The summed E-state index contributed by atoms with van der Waals surface area (Å²) < 4.78 is 0. The van der Waals surface area contributed by atoms with Crippen molar-refractivity contribution in [2.45, 2.75) is 6.92 Å². The molecule has 0 aliphatic rings. The molecule has 5 nitrogen and oxygen atoms in total. The Morgan fingerprint density at radius 2 is 1.85 bits per heavy atom. The number of carbonyl (C=O) groups excluding carboxylic acids is 1. The van der Waals surface area contributed by atoms with Crippen molar-refractivity contribution in [3.63, 3.8) is 0 Å². The molecule has 20 heavy (non-hydrogen) atoms. The van der Waals surface area contributed by atoms with Gasteiger partial charge in [-0.3, -0.25) is 4.79 Å². The first-order valence-corrected chi connectivity index (χ1v) is 6.69. The zero-order chi connectivity index (χ0) is 14.5. The van der Waals surface area contributed by atoms with Gasteiger partial charge >= 0.3 is 0 Å². The van der Waals surface area contributed by atoms with Gasteiger partial charge in [-0.05, 0) is 19.1 Å². The van der Waals surface area contributed by atoms with Crippen LogP contribution in [-0.4, -0.2) is 22.4 Å². The van der Waals surface area contributed by atoms with Crippen LogP contribution in [0, 0.1) is 0 Å². The second kappa shape index (κ2) is 6.54. The number of benzene rings is 1. The largest absolute Gasteiger partial charge is 0.385 e. The average Bonchev–Trinajstić information content (AvgIpc) is 2.44. The Hall–Kier alpha value is -1.85. The Morgan fingerprint density at radius 3 is 2.50 bits per heavy atom. The number of amides is 1. The maximum absolute atomic E-state index is 12.3. The molecule has 0 spiro atoms. The molecule has 7 heteroatoms. The molecule has 0 saturated carbocycles. The number of hydrogen-bond donors (Lipinski definition) is 2. The van der Waals surface area contributed by atoms with E-state index in [9.17, 15) is 4.79 Å². The highest BCUT2D eigenvalue weighted by Crippen LogP contribution is 2.27. The first-order chi connectivity index (χ1) is 9.63. The summed E-state index contributed by atoms with van der Waals surface area (Å²) in [6.45, 7) is 2.66. The molecule has 0 aliphatic heterocycles. The number of halogens is 2. The summed E-state index contributed by atoms with van der Waals surface area (Å²) in [5.41, 5.74) is 1.43. The van der Waals surface area contributed by atoms with E-state index in [0.29, 0.717) is 12.1 Å². The van der Waals surface area contributed by atoms with Crippen molar-refractivity contribution < 1.29 is 4.79 Å². The summed E-state index contributed by atoms with van der Waals surface area (Å²) in [6.07, 6.45) is 1.23. The van der Waals surface area contributed by atoms with Crippen molar-refractivity contribution in [3.05, 3.63) is 46.5 Å². The van der Waals surface area contributed by atoms with E-state index in [1.165, 1.54) is 6.33 Å². The number of carbonyl (C=O) groups is 1. The Morgan fingerprint density at radius 1 is 1.20 bits per heavy atom. The van der Waals surface area contributed by atoms with Gasteiger partial charge in [0.05, 0.1) is 5.56 Å². The predicted molar refractivity (Wildman–Crippen MR) is 80.6 cm³/mol. The third kappa shape index (κ3) is 3.18. The van der Waals surface area contributed by atoms with Crippen LogP contribution in [0.5, 0.6) is 0 Å². The summed E-state index contributed by atoms with van der Waals surface area (Å²) in [7, 11) is 0. The zero-order valence-corrected chi connectivity index (χ0v) is 12.2. The Bertz CT molecular complexity index is 613. The molecule has 0 aliphatic carbocycles. The summed E-state index contributed by atoms with van der Waals surface area (Å²) in [4.78, 5) is 19.9. The lowest BCUT2D eigenvalue weighted by Crippen LogP contribution is -2.15. The Balaban J connectivity index is 2.29. The molecular formula is C13H12Cl2N4O. The number of aromatic nitrogens is 2. The van der Waals surface area contributed by atoms with E-state index in [0.717, 1.165) is 5.69 Å². The number of para-hydroxylation sites is 1. The smallest absolute Gasteiger partial charge is 0.257 e. The highest BCUT2D eigenvalue weighted by Gasteiger charge is 2.15. The third-order valence-electron chi connectivity index (χ3n) is 2.53. The molecule has 0 saturated heterocycles. The van der Waals surface area contributed by atoms with Crippen LogP contribution in [0.15, 0.2) is 30.6 Å². The Kier molecular flexibility index (Phi) is 4.76. The normalized spacial score (nSPS) is 10.2. The summed E-state index contributed by atoms with van der Waals surface area (Å²) in [6, 6.07) is 7.16. The first kappa shape index (κ1) is 14.6. The molecule has 0 atom stereocenters. The fourth-order valence-electron chi connectivity index (χ4n) is 1.65. The van der Waals surface area contributed by atoms with Crippen molar-refractivity contribution in [2.24, 2.45) is 0 Å². The number of anilines is 2. The molecule has 0 bridgehead atoms. The van der Waals surface area contributed by atoms with Crippen LogP contribution in [0.1, 0.15) is 17.3 Å². The van der Waals surface area contributed by atoms with Gasteiger partial charge in [0.15, 0.2) is 10.3 Å². The van der Waals surface area contributed by atoms with Gasteiger partial charge in [-0.15, -0.1) is 0 Å². The summed E-state index contributed by atoms with van der Waals surface area (Å²) in [5.74, 6) is -0.333. The van der Waals surface area contributed by atoms with Crippen LogP contribution in [0.4, 0.5) is 11.4 Å². The second-order valence-electron chi connectivity index (χ2n) is 3.86. The van der Waals surface area contributed by atoms with Gasteiger partial charge < -0.3 is 10.6 Å². The van der Waals surface area contributed by atoms with E-state index in [1.807, 2.05) is 19.1 Å². The maximum atomic E-state index is 12.3. The van der Waals surface area contributed by atoms with E-state index in [-0.39, 0.29) is 21.9 Å². The molecule has 2 rings (SSSR count). The molecule has 2 aromatic rings. The zero-order valence-electron chi connectivity index (χ0n) is 10.7. The van der Waals surface area contributed by atoms with Crippen molar-refractivity contribution in [3.8, 4) is 0 Å². The minimum atomic E-state index is -0.333. The molecule has 1 heterocycles. The van der Waals surface area contributed by atoms with Gasteiger partial charge in [-0.1, -0.05) is 35.3 Å². The van der Waals surface area contributed by atoms with Crippen LogP contribution in [0.2, 0.25) is 10.3 Å². The molecule has 0 unspecified atom stereocenters. The van der Waals surface area contributed by atoms with Gasteiger partial charge in [0, 0.05) is 12.2 Å². The van der Waals surface area contributed by atoms with Gasteiger partial charge in [-0.2, -0.15) is 0 Å². The standard InChI is InChI=1S/C13H12Cl2N4O/c1-2-16-9-6-4-3-5-8(9)13(20)19-10-11(14)17-7-18-12(10)15/h3-7,16H,2H2,1H3,(H,19,20). The lowest BCUT2D eigenvalue weighted by molar-refractivity contribution is 0.102. The molecule has 1 amide bonds. The Labute approximate surface area is 126 Å². The third-order valence-corrected chi connectivity index (χ3v) is 3.11. The average molecular weight is 311 g/mol. The van der Waals surface area contributed by atoms with Crippen LogP contribution in [-0.2, 0) is 0 Å². The topological polar surface area (TPSA) is 66.9 Å². The number of nitrogens with one attached hydrogen (secondary N) is 2. The van der Waals surface area contributed by atoms with Crippen LogP contribution in [0.25, 0.3) is 0 Å². The fourth-order valence-corrected chi connectivity index (χ4v) is 2.06. The SMILES string of the molecule is CCNc1ccccc1C(=O)Nc1c(Cl)ncnc1Cl. The number of rotatable bonds is 4. The molecule has 0 fully saturated rings. The van der Waals surface area contributed by atoms with Crippen molar-refractivity contribution in [1.82, 2.24) is 9.97 Å². The molecule has 1 aromatic heterocycles. The van der Waals surface area contributed by atoms with Crippen molar-refractivity contribution in [1.29, 1.82) is 0 Å². The predicted octanol–water partition coefficient (Wildman–Crippen LogP) is 3.47. The molecular weight excluding hydrogens is 299 g/mol. The van der Waals surface area contributed by atoms with E-state index in [1.54, 1.807) is 12.1 Å². The van der Waals surface area contributed by atoms with Gasteiger partial charge in [0.25, 0.3) is 5.91 Å². The van der Waals surface area contributed by atoms with Gasteiger partial charge in [0.2, 0.25) is 0 Å². The molecule has 2 N–H and O–H groups in total. The lowest BCUT2D eigenvalue weighted by atomic mass is 10.1. The fraction of sp³-hybridized carbons (Fsp3) is 0.154. The van der Waals surface area contributed by atoms with Gasteiger partial charge in [-0.25, -0.2) is 9.97 Å². The van der Waals surface area contributed by atoms with E-state index in [4.69, 9.17) is 23.2 Å². The minimum absolute atomic E-state index is 0.0966. The summed E-state index contributed by atoms with van der Waals surface area (Å²) >= 11 is 11.8.